The topological polar surface area (TPSA) is 9.23 Å². The van der Waals surface area contributed by atoms with E-state index in [9.17, 15) is 61.5 Å². The van der Waals surface area contributed by atoms with Gasteiger partial charge in [-0.1, -0.05) is 0 Å². The summed E-state index contributed by atoms with van der Waals surface area (Å²) in [4.78, 5) is 0. The lowest BCUT2D eigenvalue weighted by Crippen LogP contribution is -2.69. The van der Waals surface area contributed by atoms with Crippen LogP contribution in [0.15, 0.2) is 0 Å². The highest BCUT2D eigenvalue weighted by molar-refractivity contribution is 5.08. The molecule has 0 rings (SSSR count). The van der Waals surface area contributed by atoms with Gasteiger partial charge in [0.1, 0.15) is 6.61 Å². The molecule has 0 aromatic carbocycles. The van der Waals surface area contributed by atoms with Gasteiger partial charge in [-0.2, -0.15) is 43.9 Å². The van der Waals surface area contributed by atoms with Gasteiger partial charge in [-0.3, -0.25) is 0 Å². The van der Waals surface area contributed by atoms with Crippen LogP contribution < -0.4 is 0 Å². The van der Waals surface area contributed by atoms with Gasteiger partial charge in [0.25, 0.3) is 5.92 Å². The first-order valence-electron chi connectivity index (χ1n) is 5.35. The average molecular weight is 396 g/mol. The number of alkyl halides is 14. The third-order valence-corrected chi connectivity index (χ3v) is 2.42. The van der Waals surface area contributed by atoms with E-state index in [4.69, 9.17) is 0 Å². The summed E-state index contributed by atoms with van der Waals surface area (Å²) >= 11 is 0. The van der Waals surface area contributed by atoms with Crippen LogP contribution in [-0.4, -0.2) is 48.8 Å². The van der Waals surface area contributed by atoms with Crippen LogP contribution in [0, 0.1) is 0 Å². The van der Waals surface area contributed by atoms with Crippen molar-refractivity contribution in [2.24, 2.45) is 0 Å². The Bertz CT molecular complexity index is 413. The van der Waals surface area contributed by atoms with Gasteiger partial charge >= 0.3 is 30.1 Å². The molecule has 146 valence electrons. The molecule has 0 bridgehead atoms. The predicted molar refractivity (Wildman–Crippen MR) is 47.3 cm³/mol. The normalized spacial score (nSPS) is 19.1. The second-order valence-corrected chi connectivity index (χ2v) is 4.57. The number of hydrogen-bond acceptors (Lipinski definition) is 1. The minimum Gasteiger partial charge on any atom is -0.330 e. The first-order valence-corrected chi connectivity index (χ1v) is 5.35. The van der Waals surface area contributed by atoms with E-state index in [1.54, 1.807) is 0 Å². The smallest absolute Gasteiger partial charge is 0.330 e. The largest absolute Gasteiger partial charge is 0.451 e. The molecule has 0 aromatic heterocycles. The number of rotatable bonds is 5. The molecule has 0 amide bonds. The fraction of sp³-hybridized carbons (Fsp3) is 1.00. The lowest BCUT2D eigenvalue weighted by molar-refractivity contribution is -0.422. The highest BCUT2D eigenvalue weighted by atomic mass is 19.4. The number of hydrogen-bond donors (Lipinski definition) is 0. The van der Waals surface area contributed by atoms with Crippen LogP contribution in [0.25, 0.3) is 0 Å². The molecule has 0 fully saturated rings. The molecule has 15 heteroatoms. The lowest BCUT2D eigenvalue weighted by Gasteiger charge is -2.39. The van der Waals surface area contributed by atoms with Crippen molar-refractivity contribution in [2.75, 3.05) is 6.61 Å². The summed E-state index contributed by atoms with van der Waals surface area (Å²) in [7, 11) is 0. The second kappa shape index (κ2) is 6.05. The van der Waals surface area contributed by atoms with Gasteiger partial charge in [-0.05, 0) is 0 Å². The molecule has 0 radical (unpaired) electrons. The van der Waals surface area contributed by atoms with Crippen molar-refractivity contribution in [3.8, 4) is 0 Å². The van der Waals surface area contributed by atoms with Crippen LogP contribution >= 0.6 is 0 Å². The quantitative estimate of drug-likeness (QED) is 0.591. The minimum atomic E-state index is -7.41. The van der Waals surface area contributed by atoms with E-state index in [1.165, 1.54) is 0 Å². The van der Waals surface area contributed by atoms with Crippen molar-refractivity contribution >= 4 is 0 Å². The first kappa shape index (κ1) is 23.0. The van der Waals surface area contributed by atoms with Gasteiger partial charge in [0.05, 0.1) is 0 Å². The van der Waals surface area contributed by atoms with Crippen LogP contribution in [0.1, 0.15) is 6.92 Å². The molecule has 0 saturated carbocycles. The molecule has 0 aliphatic carbocycles. The van der Waals surface area contributed by atoms with Gasteiger partial charge < -0.3 is 4.74 Å². The molecule has 0 aromatic rings. The molecule has 0 aliphatic rings. The summed E-state index contributed by atoms with van der Waals surface area (Å²) in [5.74, 6) is -11.1. The summed E-state index contributed by atoms with van der Waals surface area (Å²) < 4.78 is 177. The van der Waals surface area contributed by atoms with Gasteiger partial charge in [-0.15, -0.1) is 0 Å². The Hall–Kier alpha value is -1.02. The zero-order valence-corrected chi connectivity index (χ0v) is 11.0. The van der Waals surface area contributed by atoms with E-state index in [2.05, 4.69) is 4.74 Å². The molecule has 0 heterocycles. The van der Waals surface area contributed by atoms with Crippen molar-refractivity contribution in [1.29, 1.82) is 0 Å². The molecule has 0 N–H and O–H groups in total. The summed E-state index contributed by atoms with van der Waals surface area (Å²) in [6.45, 7) is -3.05. The molecule has 1 nitrogen and oxygen atoms in total. The monoisotopic (exact) mass is 396 g/mol. The zero-order chi connectivity index (χ0) is 20.0. The van der Waals surface area contributed by atoms with Crippen molar-refractivity contribution < 1.29 is 66.2 Å². The molecule has 0 saturated heterocycles. The molecule has 2 unspecified atom stereocenters. The van der Waals surface area contributed by atoms with Gasteiger partial charge in [0, 0.05) is 6.92 Å². The van der Waals surface area contributed by atoms with Gasteiger partial charge in [0.15, 0.2) is 0 Å². The van der Waals surface area contributed by atoms with E-state index in [0.717, 1.165) is 0 Å². The highest BCUT2D eigenvalue weighted by Gasteiger charge is 2.84. The Labute approximate surface area is 123 Å². The average Bonchev–Trinajstić information content (AvgIpc) is 2.28. The SMILES string of the molecule is CC(F)(F)COC(F)(C(F)C(F)(C(F)(F)F)C(F)(F)F)C(F)(F)F. The first-order chi connectivity index (χ1) is 10.1. The molecular weight excluding hydrogens is 390 g/mol. The van der Waals surface area contributed by atoms with Crippen LogP contribution in [0.5, 0.6) is 0 Å². The van der Waals surface area contributed by atoms with E-state index in [0.29, 0.717) is 0 Å². The van der Waals surface area contributed by atoms with Gasteiger partial charge in [0.2, 0.25) is 6.17 Å². The Balaban J connectivity index is 6.21. The van der Waals surface area contributed by atoms with Crippen molar-refractivity contribution in [2.45, 2.75) is 49.1 Å². The highest BCUT2D eigenvalue weighted by Crippen LogP contribution is 2.55. The van der Waals surface area contributed by atoms with Gasteiger partial charge in [-0.25, -0.2) is 17.6 Å². The Morgan fingerprint density at radius 1 is 0.667 bits per heavy atom. The van der Waals surface area contributed by atoms with E-state index in [1.807, 2.05) is 0 Å². The summed E-state index contributed by atoms with van der Waals surface area (Å²) in [5, 5.41) is 0. The molecule has 0 spiro atoms. The second-order valence-electron chi connectivity index (χ2n) is 4.57. The third-order valence-electron chi connectivity index (χ3n) is 2.42. The van der Waals surface area contributed by atoms with Crippen LogP contribution in [0.3, 0.4) is 0 Å². The maximum atomic E-state index is 13.5. The van der Waals surface area contributed by atoms with Crippen molar-refractivity contribution in [3.05, 3.63) is 0 Å². The van der Waals surface area contributed by atoms with Crippen molar-refractivity contribution in [3.63, 3.8) is 0 Å². The van der Waals surface area contributed by atoms with E-state index >= 15 is 0 Å². The van der Waals surface area contributed by atoms with Crippen molar-refractivity contribution in [1.82, 2.24) is 0 Å². The van der Waals surface area contributed by atoms with E-state index < -0.39 is 48.8 Å². The Morgan fingerprint density at radius 2 is 1.00 bits per heavy atom. The third kappa shape index (κ3) is 4.14. The maximum absolute atomic E-state index is 13.5. The summed E-state index contributed by atoms with van der Waals surface area (Å²) in [5.41, 5.74) is -7.38. The van der Waals surface area contributed by atoms with E-state index in [-0.39, 0.29) is 6.92 Å². The molecule has 2 atom stereocenters. The standard InChI is InChI=1S/C9H6F14O/c1-4(11,12)2-24-6(14,9(21,22)23)3(10)5(13,7(15,16)17)8(18,19)20/h3H,2H2,1H3. The van der Waals surface area contributed by atoms with Crippen LogP contribution in [0.2, 0.25) is 0 Å². The molecular formula is C9H6F14O. The summed E-state index contributed by atoms with van der Waals surface area (Å²) in [6.07, 6.45) is -28.0. The fourth-order valence-corrected chi connectivity index (χ4v) is 1.23. The summed E-state index contributed by atoms with van der Waals surface area (Å²) in [6, 6.07) is 0. The minimum absolute atomic E-state index is 0.271. The predicted octanol–water partition coefficient (Wildman–Crippen LogP) is 5.06. The molecule has 0 aliphatic heterocycles. The number of ether oxygens (including phenoxy) is 1. The van der Waals surface area contributed by atoms with Crippen LogP contribution in [0.4, 0.5) is 61.5 Å². The Morgan fingerprint density at radius 3 is 1.21 bits per heavy atom. The fourth-order valence-electron chi connectivity index (χ4n) is 1.23. The maximum Gasteiger partial charge on any atom is 0.451 e. The number of halogens is 14. The Kier molecular flexibility index (Phi) is 5.80. The molecule has 24 heavy (non-hydrogen) atoms. The zero-order valence-electron chi connectivity index (χ0n) is 11.0. The van der Waals surface area contributed by atoms with Crippen LogP contribution in [-0.2, 0) is 4.74 Å². The lowest BCUT2D eigenvalue weighted by atomic mass is 9.92.